The van der Waals surface area contributed by atoms with Crippen LogP contribution < -0.4 is 10.6 Å². The summed E-state index contributed by atoms with van der Waals surface area (Å²) in [6, 6.07) is 10.9. The predicted molar refractivity (Wildman–Crippen MR) is 86.0 cm³/mol. The number of hydrogen-bond donors (Lipinski definition) is 2. The second-order valence-electron chi connectivity index (χ2n) is 4.19. The molecule has 0 saturated heterocycles. The number of carbonyl (C=O) groups is 1. The van der Waals surface area contributed by atoms with Crippen LogP contribution in [-0.4, -0.2) is 19.0 Å². The molecule has 1 amide bonds. The standard InChI is InChI=1S/C14H14Cl2N2OS/c15-10-1-3-11(4-2-10)18-14(19)9-17-8-7-12-5-6-13(16)20-12/h1-6,17H,7-9H2,(H,18,19). The lowest BCUT2D eigenvalue weighted by atomic mass is 10.3. The van der Waals surface area contributed by atoms with Crippen LogP contribution in [0.4, 0.5) is 5.69 Å². The van der Waals surface area contributed by atoms with Crippen molar-refractivity contribution in [2.45, 2.75) is 6.42 Å². The highest BCUT2D eigenvalue weighted by molar-refractivity contribution is 7.16. The largest absolute Gasteiger partial charge is 0.325 e. The van der Waals surface area contributed by atoms with Gasteiger partial charge in [-0.2, -0.15) is 0 Å². The third-order valence-corrected chi connectivity index (χ3v) is 4.13. The van der Waals surface area contributed by atoms with Gasteiger partial charge in [0.05, 0.1) is 10.9 Å². The Balaban J connectivity index is 1.66. The highest BCUT2D eigenvalue weighted by Crippen LogP contribution is 2.21. The molecular weight excluding hydrogens is 315 g/mol. The molecule has 0 fully saturated rings. The van der Waals surface area contributed by atoms with Gasteiger partial charge in [-0.15, -0.1) is 11.3 Å². The fraction of sp³-hybridized carbons (Fsp3) is 0.214. The number of hydrogen-bond acceptors (Lipinski definition) is 3. The minimum absolute atomic E-state index is 0.0727. The third kappa shape index (κ3) is 5.13. The summed E-state index contributed by atoms with van der Waals surface area (Å²) in [5.74, 6) is -0.0727. The molecule has 1 aromatic carbocycles. The Kier molecular flexibility index (Phi) is 5.86. The Bertz CT molecular complexity index is 569. The molecule has 1 aromatic heterocycles. The van der Waals surface area contributed by atoms with Crippen LogP contribution in [0, 0.1) is 0 Å². The van der Waals surface area contributed by atoms with Gasteiger partial charge in [-0.05, 0) is 42.8 Å². The minimum Gasteiger partial charge on any atom is -0.325 e. The maximum Gasteiger partial charge on any atom is 0.238 e. The molecule has 0 unspecified atom stereocenters. The molecule has 106 valence electrons. The number of rotatable bonds is 6. The average Bonchev–Trinajstić information content (AvgIpc) is 2.83. The summed E-state index contributed by atoms with van der Waals surface area (Å²) in [7, 11) is 0. The summed E-state index contributed by atoms with van der Waals surface area (Å²) in [4.78, 5) is 12.9. The van der Waals surface area contributed by atoms with Crippen LogP contribution in [0.2, 0.25) is 9.36 Å². The molecule has 20 heavy (non-hydrogen) atoms. The van der Waals surface area contributed by atoms with E-state index in [-0.39, 0.29) is 12.5 Å². The number of halogens is 2. The second kappa shape index (κ2) is 7.64. The van der Waals surface area contributed by atoms with Crippen molar-refractivity contribution in [3.63, 3.8) is 0 Å². The van der Waals surface area contributed by atoms with Crippen molar-refractivity contribution < 1.29 is 4.79 Å². The molecule has 0 bridgehead atoms. The van der Waals surface area contributed by atoms with Crippen LogP contribution in [0.25, 0.3) is 0 Å². The van der Waals surface area contributed by atoms with Crippen LogP contribution in [0.15, 0.2) is 36.4 Å². The summed E-state index contributed by atoms with van der Waals surface area (Å²) in [6.07, 6.45) is 0.867. The zero-order valence-electron chi connectivity index (χ0n) is 10.7. The molecule has 0 saturated carbocycles. The molecule has 0 aliphatic rings. The lowest BCUT2D eigenvalue weighted by molar-refractivity contribution is -0.115. The molecule has 1 heterocycles. The Morgan fingerprint density at radius 1 is 1.10 bits per heavy atom. The van der Waals surface area contributed by atoms with Crippen molar-refractivity contribution in [3.05, 3.63) is 50.6 Å². The van der Waals surface area contributed by atoms with Crippen LogP contribution in [0.1, 0.15) is 4.88 Å². The number of nitrogens with one attached hydrogen (secondary N) is 2. The van der Waals surface area contributed by atoms with E-state index in [1.807, 2.05) is 12.1 Å². The van der Waals surface area contributed by atoms with Gasteiger partial charge < -0.3 is 10.6 Å². The molecule has 6 heteroatoms. The Morgan fingerprint density at radius 2 is 1.85 bits per heavy atom. The summed E-state index contributed by atoms with van der Waals surface area (Å²) in [6.45, 7) is 1.02. The molecule has 0 aliphatic carbocycles. The normalized spacial score (nSPS) is 10.5. The number of amides is 1. The van der Waals surface area contributed by atoms with Gasteiger partial charge in [-0.3, -0.25) is 4.79 Å². The van der Waals surface area contributed by atoms with Crippen molar-refractivity contribution in [1.82, 2.24) is 5.32 Å². The van der Waals surface area contributed by atoms with Gasteiger partial charge in [0.25, 0.3) is 0 Å². The van der Waals surface area contributed by atoms with Crippen molar-refractivity contribution in [3.8, 4) is 0 Å². The zero-order chi connectivity index (χ0) is 14.4. The van der Waals surface area contributed by atoms with Crippen molar-refractivity contribution >= 4 is 46.1 Å². The summed E-state index contributed by atoms with van der Waals surface area (Å²) < 4.78 is 0.792. The van der Waals surface area contributed by atoms with E-state index in [2.05, 4.69) is 10.6 Å². The first-order chi connectivity index (χ1) is 9.63. The molecule has 2 N–H and O–H groups in total. The predicted octanol–water partition coefficient (Wildman–Crippen LogP) is 3.83. The van der Waals surface area contributed by atoms with Crippen molar-refractivity contribution in [2.24, 2.45) is 0 Å². The number of anilines is 1. The van der Waals surface area contributed by atoms with E-state index in [9.17, 15) is 4.79 Å². The summed E-state index contributed by atoms with van der Waals surface area (Å²) >= 11 is 13.2. The van der Waals surface area contributed by atoms with E-state index in [0.29, 0.717) is 5.02 Å². The molecule has 0 radical (unpaired) electrons. The minimum atomic E-state index is -0.0727. The van der Waals surface area contributed by atoms with Gasteiger partial charge >= 0.3 is 0 Å². The molecule has 2 rings (SSSR count). The molecular formula is C14H14Cl2N2OS. The Labute approximate surface area is 131 Å². The summed E-state index contributed by atoms with van der Waals surface area (Å²) in [5.41, 5.74) is 0.742. The molecule has 0 aliphatic heterocycles. The third-order valence-electron chi connectivity index (χ3n) is 2.59. The maximum atomic E-state index is 11.7. The van der Waals surface area contributed by atoms with Gasteiger partial charge in [-0.25, -0.2) is 0 Å². The van der Waals surface area contributed by atoms with Gasteiger partial charge in [-0.1, -0.05) is 23.2 Å². The average molecular weight is 329 g/mol. The van der Waals surface area contributed by atoms with E-state index in [4.69, 9.17) is 23.2 Å². The lowest BCUT2D eigenvalue weighted by Crippen LogP contribution is -2.29. The molecule has 3 nitrogen and oxygen atoms in total. The van der Waals surface area contributed by atoms with Gasteiger partial charge in [0.1, 0.15) is 0 Å². The number of thiophene rings is 1. The van der Waals surface area contributed by atoms with Crippen LogP contribution in [0.5, 0.6) is 0 Å². The molecule has 2 aromatic rings. The van der Waals surface area contributed by atoms with E-state index in [1.54, 1.807) is 35.6 Å². The van der Waals surface area contributed by atoms with E-state index in [0.717, 1.165) is 23.0 Å². The molecule has 0 spiro atoms. The Hall–Kier alpha value is -1.07. The SMILES string of the molecule is O=C(CNCCc1ccc(Cl)s1)Nc1ccc(Cl)cc1. The Morgan fingerprint density at radius 3 is 2.50 bits per heavy atom. The first-order valence-corrected chi connectivity index (χ1v) is 7.71. The zero-order valence-corrected chi connectivity index (χ0v) is 13.0. The van der Waals surface area contributed by atoms with Crippen molar-refractivity contribution in [1.29, 1.82) is 0 Å². The summed E-state index contributed by atoms with van der Waals surface area (Å²) in [5, 5.41) is 6.54. The van der Waals surface area contributed by atoms with Gasteiger partial charge in [0.15, 0.2) is 0 Å². The first-order valence-electron chi connectivity index (χ1n) is 6.14. The van der Waals surface area contributed by atoms with E-state index < -0.39 is 0 Å². The fourth-order valence-electron chi connectivity index (χ4n) is 1.64. The maximum absolute atomic E-state index is 11.7. The van der Waals surface area contributed by atoms with Crippen LogP contribution in [-0.2, 0) is 11.2 Å². The van der Waals surface area contributed by atoms with E-state index in [1.165, 1.54) is 4.88 Å². The van der Waals surface area contributed by atoms with Crippen LogP contribution >= 0.6 is 34.5 Å². The first kappa shape index (κ1) is 15.3. The number of carbonyl (C=O) groups excluding carboxylic acids is 1. The van der Waals surface area contributed by atoms with Gasteiger partial charge in [0, 0.05) is 22.1 Å². The number of benzene rings is 1. The van der Waals surface area contributed by atoms with Crippen molar-refractivity contribution in [2.75, 3.05) is 18.4 Å². The van der Waals surface area contributed by atoms with Gasteiger partial charge in [0.2, 0.25) is 5.91 Å². The topological polar surface area (TPSA) is 41.1 Å². The fourth-order valence-corrected chi connectivity index (χ4v) is 2.85. The lowest BCUT2D eigenvalue weighted by Gasteiger charge is -2.06. The van der Waals surface area contributed by atoms with Crippen LogP contribution in [0.3, 0.4) is 0 Å². The smallest absolute Gasteiger partial charge is 0.238 e. The highest BCUT2D eigenvalue weighted by atomic mass is 35.5. The highest BCUT2D eigenvalue weighted by Gasteiger charge is 2.02. The second-order valence-corrected chi connectivity index (χ2v) is 6.42. The monoisotopic (exact) mass is 328 g/mol. The van der Waals surface area contributed by atoms with E-state index >= 15 is 0 Å². The quantitative estimate of drug-likeness (QED) is 0.791. The molecule has 0 atom stereocenters.